The van der Waals surface area contributed by atoms with E-state index in [1.54, 1.807) is 6.92 Å². The van der Waals surface area contributed by atoms with Crippen molar-refractivity contribution in [3.05, 3.63) is 29.8 Å². The molecule has 23 heavy (non-hydrogen) atoms. The van der Waals surface area contributed by atoms with Gasteiger partial charge in [0.15, 0.2) is 5.12 Å². The summed E-state index contributed by atoms with van der Waals surface area (Å²) in [5, 5.41) is 0.138. The number of hydrogen-bond acceptors (Lipinski definition) is 4. The van der Waals surface area contributed by atoms with Gasteiger partial charge in [0.2, 0.25) is 0 Å². The smallest absolute Gasteiger partial charge is 0.399 e. The van der Waals surface area contributed by atoms with Crippen LogP contribution in [0, 0.1) is 11.8 Å². The van der Waals surface area contributed by atoms with Crippen molar-refractivity contribution in [3.8, 4) is 11.8 Å². The molecule has 0 bridgehead atoms. The summed E-state index contributed by atoms with van der Waals surface area (Å²) in [6, 6.07) is 7.95. The van der Waals surface area contributed by atoms with Gasteiger partial charge < -0.3 is 9.31 Å². The fraction of sp³-hybridized carbons (Fsp3) is 0.500. The average molecular weight is 330 g/mol. The zero-order valence-electron chi connectivity index (χ0n) is 14.4. The van der Waals surface area contributed by atoms with E-state index in [1.807, 2.05) is 52.0 Å². The molecule has 3 nitrogen and oxygen atoms in total. The summed E-state index contributed by atoms with van der Waals surface area (Å²) in [7, 11) is -0.339. The second-order valence-electron chi connectivity index (χ2n) is 6.60. The lowest BCUT2D eigenvalue weighted by Gasteiger charge is -2.32. The highest BCUT2D eigenvalue weighted by Gasteiger charge is 2.51. The third-order valence-electron chi connectivity index (χ3n) is 4.20. The minimum absolute atomic E-state index is 0.138. The third-order valence-corrected chi connectivity index (χ3v) is 5.02. The molecule has 0 saturated carbocycles. The molecular weight excluding hydrogens is 307 g/mol. The summed E-state index contributed by atoms with van der Waals surface area (Å²) < 4.78 is 12.1. The van der Waals surface area contributed by atoms with Crippen LogP contribution in [0.2, 0.25) is 0 Å². The number of thioether (sulfide) groups is 1. The highest BCUT2D eigenvalue weighted by Crippen LogP contribution is 2.36. The van der Waals surface area contributed by atoms with E-state index in [1.165, 1.54) is 11.8 Å². The van der Waals surface area contributed by atoms with E-state index in [0.29, 0.717) is 6.42 Å². The Morgan fingerprint density at radius 3 is 2.22 bits per heavy atom. The Bertz CT molecular complexity index is 610. The molecule has 1 aromatic carbocycles. The van der Waals surface area contributed by atoms with Crippen molar-refractivity contribution in [3.63, 3.8) is 0 Å². The summed E-state index contributed by atoms with van der Waals surface area (Å²) in [6.07, 6.45) is 0.712. The van der Waals surface area contributed by atoms with Gasteiger partial charge in [0.1, 0.15) is 0 Å². The molecule has 1 saturated heterocycles. The first-order valence-corrected chi connectivity index (χ1v) is 8.78. The van der Waals surface area contributed by atoms with Gasteiger partial charge in [-0.15, -0.1) is 0 Å². The van der Waals surface area contributed by atoms with E-state index in [-0.39, 0.29) is 23.4 Å². The van der Waals surface area contributed by atoms with E-state index in [0.717, 1.165) is 16.8 Å². The molecular formula is C18H23BO3S. The molecule has 2 rings (SSSR count). The zero-order valence-corrected chi connectivity index (χ0v) is 15.3. The van der Waals surface area contributed by atoms with Gasteiger partial charge in [0, 0.05) is 24.7 Å². The molecule has 5 heteroatoms. The van der Waals surface area contributed by atoms with Crippen LogP contribution in [0.3, 0.4) is 0 Å². The molecule has 122 valence electrons. The molecule has 1 heterocycles. The highest BCUT2D eigenvalue weighted by molar-refractivity contribution is 8.13. The normalized spacial score (nSPS) is 18.4. The summed E-state index contributed by atoms with van der Waals surface area (Å²) in [5.41, 5.74) is 1.30. The van der Waals surface area contributed by atoms with Crippen LogP contribution in [0.15, 0.2) is 24.3 Å². The molecule has 0 unspecified atom stereocenters. The number of carbonyl (C=O) groups excluding carboxylic acids is 1. The maximum atomic E-state index is 10.8. The SMILES string of the molecule is CC(=O)SCCC#Cc1ccc(B2OC(C)(C)C(C)(C)O2)cc1. The molecule has 1 fully saturated rings. The number of rotatable bonds is 3. The van der Waals surface area contributed by atoms with Crippen LogP contribution in [0.4, 0.5) is 0 Å². The second-order valence-corrected chi connectivity index (χ2v) is 7.87. The van der Waals surface area contributed by atoms with Crippen LogP contribution in [0.1, 0.15) is 46.6 Å². The van der Waals surface area contributed by atoms with Crippen molar-refractivity contribution in [1.29, 1.82) is 0 Å². The molecule has 0 aromatic heterocycles. The van der Waals surface area contributed by atoms with Crippen molar-refractivity contribution in [2.75, 3.05) is 5.75 Å². The van der Waals surface area contributed by atoms with Crippen molar-refractivity contribution in [2.24, 2.45) is 0 Å². The van der Waals surface area contributed by atoms with E-state index >= 15 is 0 Å². The molecule has 0 N–H and O–H groups in total. The predicted molar refractivity (Wildman–Crippen MR) is 96.8 cm³/mol. The van der Waals surface area contributed by atoms with Crippen LogP contribution in [-0.4, -0.2) is 29.2 Å². The quantitative estimate of drug-likeness (QED) is 0.485. The lowest BCUT2D eigenvalue weighted by atomic mass is 9.79. The van der Waals surface area contributed by atoms with Crippen molar-refractivity contribution < 1.29 is 14.1 Å². The molecule has 0 radical (unpaired) electrons. The first-order valence-electron chi connectivity index (χ1n) is 7.79. The van der Waals surface area contributed by atoms with E-state index in [2.05, 4.69) is 11.8 Å². The average Bonchev–Trinajstić information content (AvgIpc) is 2.67. The Hall–Kier alpha value is -1.22. The van der Waals surface area contributed by atoms with Gasteiger partial charge in [-0.3, -0.25) is 4.79 Å². The summed E-state index contributed by atoms with van der Waals surface area (Å²) in [4.78, 5) is 10.8. The molecule has 1 aromatic rings. The van der Waals surface area contributed by atoms with Gasteiger partial charge in [0.25, 0.3) is 0 Å². The van der Waals surface area contributed by atoms with Crippen LogP contribution in [0.25, 0.3) is 0 Å². The van der Waals surface area contributed by atoms with Crippen LogP contribution in [0.5, 0.6) is 0 Å². The Kier molecular flexibility index (Phi) is 5.62. The first-order chi connectivity index (χ1) is 10.7. The fourth-order valence-electron chi connectivity index (χ4n) is 2.11. The van der Waals surface area contributed by atoms with E-state index in [9.17, 15) is 4.79 Å². The summed E-state index contributed by atoms with van der Waals surface area (Å²) in [6.45, 7) is 9.77. The van der Waals surface area contributed by atoms with Crippen LogP contribution in [-0.2, 0) is 14.1 Å². The van der Waals surface area contributed by atoms with Crippen LogP contribution < -0.4 is 5.46 Å². The lowest BCUT2D eigenvalue weighted by Crippen LogP contribution is -2.41. The minimum Gasteiger partial charge on any atom is -0.399 e. The molecule has 0 amide bonds. The second kappa shape index (κ2) is 7.13. The Labute approximate surface area is 143 Å². The minimum atomic E-state index is -0.339. The number of hydrogen-bond donors (Lipinski definition) is 0. The van der Waals surface area contributed by atoms with Crippen molar-refractivity contribution >= 4 is 29.5 Å². The van der Waals surface area contributed by atoms with E-state index in [4.69, 9.17) is 9.31 Å². The maximum Gasteiger partial charge on any atom is 0.494 e. The molecule has 1 aliphatic heterocycles. The van der Waals surface area contributed by atoms with E-state index < -0.39 is 0 Å². The fourth-order valence-corrected chi connectivity index (χ4v) is 2.60. The van der Waals surface area contributed by atoms with Crippen molar-refractivity contribution in [1.82, 2.24) is 0 Å². The first kappa shape index (κ1) is 18.1. The van der Waals surface area contributed by atoms with Gasteiger partial charge in [0.05, 0.1) is 11.2 Å². The molecule has 1 aliphatic rings. The van der Waals surface area contributed by atoms with Gasteiger partial charge in [-0.25, -0.2) is 0 Å². The largest absolute Gasteiger partial charge is 0.494 e. The van der Waals surface area contributed by atoms with Gasteiger partial charge in [-0.05, 0) is 45.3 Å². The summed E-state index contributed by atoms with van der Waals surface area (Å²) >= 11 is 1.31. The molecule has 0 aliphatic carbocycles. The molecule has 0 spiro atoms. The Morgan fingerprint density at radius 1 is 1.13 bits per heavy atom. The molecule has 0 atom stereocenters. The Balaban J connectivity index is 1.96. The maximum absolute atomic E-state index is 10.8. The number of carbonyl (C=O) groups is 1. The lowest BCUT2D eigenvalue weighted by molar-refractivity contribution is -0.109. The zero-order chi connectivity index (χ0) is 17.1. The van der Waals surface area contributed by atoms with Gasteiger partial charge in [-0.2, -0.15) is 0 Å². The predicted octanol–water partition coefficient (Wildman–Crippen LogP) is 3.01. The van der Waals surface area contributed by atoms with Crippen molar-refractivity contribution in [2.45, 2.75) is 52.2 Å². The standard InChI is InChI=1S/C18H23BO3S/c1-14(20)23-13-7-6-8-15-9-11-16(12-10-15)19-21-17(2,3)18(4,5)22-19/h9-12H,7,13H2,1-5H3. The van der Waals surface area contributed by atoms with Gasteiger partial charge in [-0.1, -0.05) is 35.7 Å². The summed E-state index contributed by atoms with van der Waals surface area (Å²) in [5.74, 6) is 6.94. The topological polar surface area (TPSA) is 35.5 Å². The monoisotopic (exact) mass is 330 g/mol. The van der Waals surface area contributed by atoms with Crippen LogP contribution >= 0.6 is 11.8 Å². The Morgan fingerprint density at radius 2 is 1.70 bits per heavy atom. The van der Waals surface area contributed by atoms with Gasteiger partial charge >= 0.3 is 7.12 Å². The number of benzene rings is 1. The third kappa shape index (κ3) is 4.63. The highest BCUT2D eigenvalue weighted by atomic mass is 32.2.